The number of anilines is 1. The number of allylic oxidation sites excluding steroid dienone is 1. The lowest BCUT2D eigenvalue weighted by Crippen LogP contribution is -2.40. The van der Waals surface area contributed by atoms with Crippen molar-refractivity contribution in [2.45, 2.75) is 19.9 Å². The standard InChI is InChI=1S/C32H23ClFN3O3S/c1-18-8-11-21(33)16-25(18)26-15-14-24(40-26)17-27-31(39)37-29(20-9-12-22(34)13-10-20)28(19(2)35-32(37)41-27)30(38)36-23-6-4-3-5-7-23/h3-17,29H,1-2H3,(H,36,38). The highest BCUT2D eigenvalue weighted by molar-refractivity contribution is 7.07. The van der Waals surface area contributed by atoms with E-state index in [1.165, 1.54) is 28.0 Å². The Balaban J connectivity index is 1.45. The molecule has 0 bridgehead atoms. The summed E-state index contributed by atoms with van der Waals surface area (Å²) in [7, 11) is 0. The molecule has 1 aliphatic heterocycles. The number of hydrogen-bond acceptors (Lipinski definition) is 5. The van der Waals surface area contributed by atoms with E-state index in [1.807, 2.05) is 49.4 Å². The van der Waals surface area contributed by atoms with Crippen molar-refractivity contribution >= 4 is 40.6 Å². The zero-order chi connectivity index (χ0) is 28.7. The summed E-state index contributed by atoms with van der Waals surface area (Å²) in [5, 5.41) is 3.50. The fourth-order valence-corrected chi connectivity index (χ4v) is 6.06. The molecule has 0 spiro atoms. The molecular weight excluding hydrogens is 561 g/mol. The van der Waals surface area contributed by atoms with Gasteiger partial charge in [0, 0.05) is 22.3 Å². The smallest absolute Gasteiger partial charge is 0.271 e. The van der Waals surface area contributed by atoms with Crippen LogP contribution >= 0.6 is 22.9 Å². The van der Waals surface area contributed by atoms with Gasteiger partial charge in [0.05, 0.1) is 21.8 Å². The highest BCUT2D eigenvalue weighted by Gasteiger charge is 2.32. The van der Waals surface area contributed by atoms with E-state index in [1.54, 1.807) is 43.3 Å². The van der Waals surface area contributed by atoms with Crippen molar-refractivity contribution in [2.75, 3.05) is 5.32 Å². The van der Waals surface area contributed by atoms with Gasteiger partial charge in [0.15, 0.2) is 4.80 Å². The highest BCUT2D eigenvalue weighted by Crippen LogP contribution is 2.31. The molecule has 6 nitrogen and oxygen atoms in total. The summed E-state index contributed by atoms with van der Waals surface area (Å²) in [6.45, 7) is 3.70. The number of benzene rings is 3. The van der Waals surface area contributed by atoms with Gasteiger partial charge in [0.2, 0.25) is 0 Å². The summed E-state index contributed by atoms with van der Waals surface area (Å²) in [6, 6.07) is 23.2. The SMILES string of the molecule is CC1=C(C(=O)Nc2ccccc2)C(c2ccc(F)cc2)n2c(sc(=Cc3ccc(-c4cc(Cl)ccc4C)o3)c2=O)=N1. The lowest BCUT2D eigenvalue weighted by molar-refractivity contribution is -0.113. The van der Waals surface area contributed by atoms with Crippen LogP contribution in [0, 0.1) is 12.7 Å². The molecular formula is C32H23ClFN3O3S. The van der Waals surface area contributed by atoms with Gasteiger partial charge < -0.3 is 9.73 Å². The van der Waals surface area contributed by atoms with Gasteiger partial charge in [-0.25, -0.2) is 9.38 Å². The molecule has 1 aliphatic rings. The Kier molecular flexibility index (Phi) is 7.03. The van der Waals surface area contributed by atoms with Gasteiger partial charge in [-0.2, -0.15) is 0 Å². The third-order valence-corrected chi connectivity index (χ3v) is 8.07. The molecule has 0 saturated heterocycles. The number of rotatable bonds is 5. The van der Waals surface area contributed by atoms with E-state index in [-0.39, 0.29) is 5.56 Å². The molecule has 2 aromatic heterocycles. The molecule has 204 valence electrons. The molecule has 3 aromatic carbocycles. The fourth-order valence-electron chi connectivity index (χ4n) is 4.86. The molecule has 41 heavy (non-hydrogen) atoms. The first-order valence-corrected chi connectivity index (χ1v) is 14.0. The minimum Gasteiger partial charge on any atom is -0.457 e. The number of para-hydroxylation sites is 1. The molecule has 3 heterocycles. The van der Waals surface area contributed by atoms with Gasteiger partial charge in [0.1, 0.15) is 17.3 Å². The van der Waals surface area contributed by atoms with Crippen molar-refractivity contribution in [3.05, 3.63) is 144 Å². The Morgan fingerprint density at radius 2 is 1.80 bits per heavy atom. The average molecular weight is 584 g/mol. The maximum absolute atomic E-state index is 13.9. The topological polar surface area (TPSA) is 76.6 Å². The zero-order valence-corrected chi connectivity index (χ0v) is 23.6. The normalized spacial score (nSPS) is 15.0. The first kappa shape index (κ1) is 26.7. The van der Waals surface area contributed by atoms with E-state index in [2.05, 4.69) is 10.3 Å². The minimum absolute atomic E-state index is 0.302. The van der Waals surface area contributed by atoms with Crippen molar-refractivity contribution < 1.29 is 13.6 Å². The largest absolute Gasteiger partial charge is 0.457 e. The number of nitrogens with one attached hydrogen (secondary N) is 1. The second kappa shape index (κ2) is 10.8. The number of furan rings is 1. The van der Waals surface area contributed by atoms with E-state index in [0.29, 0.717) is 48.4 Å². The summed E-state index contributed by atoms with van der Waals surface area (Å²) in [5.41, 5.74) is 3.50. The monoisotopic (exact) mass is 583 g/mol. The van der Waals surface area contributed by atoms with Crippen LogP contribution in [0.4, 0.5) is 10.1 Å². The lowest BCUT2D eigenvalue weighted by atomic mass is 9.95. The van der Waals surface area contributed by atoms with Crippen LogP contribution in [0.2, 0.25) is 5.02 Å². The second-order valence-corrected chi connectivity index (χ2v) is 11.1. The number of aromatic nitrogens is 1. The average Bonchev–Trinajstić information content (AvgIpc) is 3.54. The van der Waals surface area contributed by atoms with Crippen molar-refractivity contribution in [2.24, 2.45) is 4.99 Å². The molecule has 9 heteroatoms. The van der Waals surface area contributed by atoms with Crippen LogP contribution in [0.25, 0.3) is 17.4 Å². The van der Waals surface area contributed by atoms with E-state index in [4.69, 9.17) is 16.0 Å². The Hall–Kier alpha value is -4.53. The van der Waals surface area contributed by atoms with Gasteiger partial charge in [-0.15, -0.1) is 0 Å². The number of thiazole rings is 1. The van der Waals surface area contributed by atoms with Gasteiger partial charge in [0.25, 0.3) is 11.5 Å². The summed E-state index contributed by atoms with van der Waals surface area (Å²) < 4.78 is 21.8. The van der Waals surface area contributed by atoms with Crippen LogP contribution in [0.1, 0.15) is 29.9 Å². The minimum atomic E-state index is -0.806. The molecule has 0 saturated carbocycles. The third kappa shape index (κ3) is 5.19. The zero-order valence-electron chi connectivity index (χ0n) is 22.0. The number of nitrogens with zero attached hydrogens (tertiary/aromatic N) is 2. The van der Waals surface area contributed by atoms with Crippen molar-refractivity contribution in [1.29, 1.82) is 0 Å². The maximum Gasteiger partial charge on any atom is 0.271 e. The van der Waals surface area contributed by atoms with E-state index < -0.39 is 17.8 Å². The fraction of sp³-hybridized carbons (Fsp3) is 0.0938. The molecule has 0 aliphatic carbocycles. The van der Waals surface area contributed by atoms with Gasteiger partial charge in [-0.05, 0) is 73.5 Å². The molecule has 5 aromatic rings. The number of amides is 1. The first-order chi connectivity index (χ1) is 19.8. The quantitative estimate of drug-likeness (QED) is 0.266. The highest BCUT2D eigenvalue weighted by atomic mass is 35.5. The van der Waals surface area contributed by atoms with Crippen LogP contribution in [0.5, 0.6) is 0 Å². The van der Waals surface area contributed by atoms with E-state index >= 15 is 0 Å². The van der Waals surface area contributed by atoms with Crippen molar-refractivity contribution in [1.82, 2.24) is 4.57 Å². The summed E-state index contributed by atoms with van der Waals surface area (Å²) >= 11 is 7.39. The molecule has 1 atom stereocenters. The van der Waals surface area contributed by atoms with Gasteiger partial charge >= 0.3 is 0 Å². The van der Waals surface area contributed by atoms with Crippen LogP contribution in [-0.4, -0.2) is 10.5 Å². The summed E-state index contributed by atoms with van der Waals surface area (Å²) in [5.74, 6) is 0.305. The van der Waals surface area contributed by atoms with Crippen molar-refractivity contribution in [3.8, 4) is 11.3 Å². The Bertz CT molecular complexity index is 2010. The molecule has 1 N–H and O–H groups in total. The van der Waals surface area contributed by atoms with E-state index in [9.17, 15) is 14.0 Å². The number of carbonyl (C=O) groups excluding carboxylic acids is 1. The number of carbonyl (C=O) groups is 1. The number of fused-ring (bicyclic) bond motifs is 1. The number of halogens is 2. The summed E-state index contributed by atoms with van der Waals surface area (Å²) in [6.07, 6.45) is 1.66. The predicted molar refractivity (Wildman–Crippen MR) is 159 cm³/mol. The van der Waals surface area contributed by atoms with Crippen LogP contribution in [0.3, 0.4) is 0 Å². The van der Waals surface area contributed by atoms with Gasteiger partial charge in [-0.3, -0.25) is 14.2 Å². The molecule has 0 fully saturated rings. The van der Waals surface area contributed by atoms with Crippen LogP contribution in [-0.2, 0) is 4.79 Å². The predicted octanol–water partition coefficient (Wildman–Crippen LogP) is 6.23. The Morgan fingerprint density at radius 1 is 1.05 bits per heavy atom. The third-order valence-electron chi connectivity index (χ3n) is 6.85. The first-order valence-electron chi connectivity index (χ1n) is 12.8. The van der Waals surface area contributed by atoms with Gasteiger partial charge in [-0.1, -0.05) is 59.3 Å². The molecule has 6 rings (SSSR count). The molecule has 1 amide bonds. The second-order valence-electron chi connectivity index (χ2n) is 9.61. The number of aryl methyl sites for hydroxylation is 1. The number of hydrogen-bond donors (Lipinski definition) is 1. The van der Waals surface area contributed by atoms with Crippen molar-refractivity contribution in [3.63, 3.8) is 0 Å². The Labute approximate surface area is 243 Å². The van der Waals surface area contributed by atoms with E-state index in [0.717, 1.165) is 11.1 Å². The summed E-state index contributed by atoms with van der Waals surface area (Å²) in [4.78, 5) is 32.5. The maximum atomic E-state index is 13.9. The lowest BCUT2D eigenvalue weighted by Gasteiger charge is -2.25. The van der Waals surface area contributed by atoms with Crippen LogP contribution in [0.15, 0.2) is 110 Å². The molecule has 0 radical (unpaired) electrons. The molecule has 1 unspecified atom stereocenters. The Morgan fingerprint density at radius 3 is 2.56 bits per heavy atom. The van der Waals surface area contributed by atoms with Crippen LogP contribution < -0.4 is 20.2 Å².